The van der Waals surface area contributed by atoms with E-state index >= 15 is 0 Å². The van der Waals surface area contributed by atoms with E-state index in [1.807, 2.05) is 31.2 Å². The van der Waals surface area contributed by atoms with Gasteiger partial charge < -0.3 is 14.3 Å². The quantitative estimate of drug-likeness (QED) is 0.358. The van der Waals surface area contributed by atoms with Crippen LogP contribution in [0.5, 0.6) is 11.6 Å². The molecule has 1 atom stereocenters. The third-order valence-electron chi connectivity index (χ3n) is 5.69. The summed E-state index contributed by atoms with van der Waals surface area (Å²) in [7, 11) is 1.59. The van der Waals surface area contributed by atoms with Crippen LogP contribution in [0, 0.1) is 0 Å². The minimum Gasteiger partial charge on any atom is -0.497 e. The van der Waals surface area contributed by atoms with Crippen molar-refractivity contribution in [2.75, 3.05) is 7.11 Å². The number of benzene rings is 1. The third kappa shape index (κ3) is 5.35. The monoisotopic (exact) mass is 495 g/mol. The first-order valence-electron chi connectivity index (χ1n) is 11.3. The van der Waals surface area contributed by atoms with Gasteiger partial charge in [0, 0.05) is 18.3 Å². The van der Waals surface area contributed by atoms with Crippen LogP contribution in [0.15, 0.2) is 51.8 Å². The smallest absolute Gasteiger partial charge is 0.270 e. The lowest BCUT2D eigenvalue weighted by molar-refractivity contribution is 0.412. The molecule has 1 N–H and O–H groups in total. The summed E-state index contributed by atoms with van der Waals surface area (Å²) in [6, 6.07) is 10.6. The largest absolute Gasteiger partial charge is 0.497 e. The Morgan fingerprint density at radius 2 is 2.06 bits per heavy atom. The van der Waals surface area contributed by atoms with Crippen LogP contribution in [-0.2, 0) is 12.8 Å². The van der Waals surface area contributed by atoms with Gasteiger partial charge in [-0.05, 0) is 43.2 Å². The second-order valence-corrected chi connectivity index (χ2v) is 8.54. The first-order chi connectivity index (χ1) is 16.9. The predicted molar refractivity (Wildman–Crippen MR) is 131 cm³/mol. The van der Waals surface area contributed by atoms with Gasteiger partial charge in [-0.15, -0.1) is 10.2 Å². The Balaban J connectivity index is 1.76. The molecule has 0 aliphatic rings. The number of rotatable bonds is 9. The molecule has 182 valence electrons. The SMILES string of the molecule is CCCCc1nc(O)c(-c2nnc(Cc3ccc(Cl)cn3)o2)c(=O)n1[C@@H](C)c1cccc(OC)c1. The van der Waals surface area contributed by atoms with Crippen molar-refractivity contribution in [1.82, 2.24) is 24.7 Å². The zero-order chi connectivity index (χ0) is 24.9. The molecule has 4 rings (SSSR count). The van der Waals surface area contributed by atoms with Crippen molar-refractivity contribution in [2.45, 2.75) is 45.6 Å². The summed E-state index contributed by atoms with van der Waals surface area (Å²) < 4.78 is 12.7. The van der Waals surface area contributed by atoms with Gasteiger partial charge in [0.2, 0.25) is 11.8 Å². The van der Waals surface area contributed by atoms with Gasteiger partial charge in [0.25, 0.3) is 11.4 Å². The van der Waals surface area contributed by atoms with Crippen LogP contribution in [0.4, 0.5) is 0 Å². The zero-order valence-corrected chi connectivity index (χ0v) is 20.5. The number of unbranched alkanes of at least 4 members (excludes halogenated alkanes) is 1. The van der Waals surface area contributed by atoms with E-state index < -0.39 is 11.4 Å². The molecular formula is C25H26ClN5O4. The standard InChI is InChI=1S/C25H26ClN5O4/c1-4-5-9-20-28-23(32)22(24-30-29-21(35-24)13-18-11-10-17(26)14-27-18)25(33)31(20)15(2)16-7-6-8-19(12-16)34-3/h6-8,10-12,14-15,32H,4-5,9,13H2,1-3H3/t15-/m0/s1. The number of methoxy groups -OCH3 is 1. The number of pyridine rings is 1. The van der Waals surface area contributed by atoms with Gasteiger partial charge in [0.1, 0.15) is 11.6 Å². The van der Waals surface area contributed by atoms with E-state index in [9.17, 15) is 9.90 Å². The highest BCUT2D eigenvalue weighted by molar-refractivity contribution is 6.30. The Morgan fingerprint density at radius 3 is 2.77 bits per heavy atom. The lowest BCUT2D eigenvalue weighted by atomic mass is 10.1. The minimum absolute atomic E-state index is 0.0994. The summed E-state index contributed by atoms with van der Waals surface area (Å²) >= 11 is 5.89. The predicted octanol–water partition coefficient (Wildman–Crippen LogP) is 4.60. The summed E-state index contributed by atoms with van der Waals surface area (Å²) in [5.41, 5.74) is 0.940. The molecule has 0 saturated carbocycles. The van der Waals surface area contributed by atoms with E-state index in [4.69, 9.17) is 20.8 Å². The normalized spacial score (nSPS) is 12.0. The Bertz CT molecular complexity index is 1370. The fourth-order valence-electron chi connectivity index (χ4n) is 3.81. The molecule has 35 heavy (non-hydrogen) atoms. The average Bonchev–Trinajstić information content (AvgIpc) is 3.31. The molecule has 0 radical (unpaired) electrons. The number of ether oxygens (including phenoxy) is 1. The molecule has 0 aliphatic heterocycles. The second-order valence-electron chi connectivity index (χ2n) is 8.10. The molecule has 0 unspecified atom stereocenters. The van der Waals surface area contributed by atoms with Crippen molar-refractivity contribution in [3.05, 3.63) is 80.9 Å². The molecule has 0 amide bonds. The minimum atomic E-state index is -0.459. The molecule has 4 aromatic rings. The van der Waals surface area contributed by atoms with Crippen molar-refractivity contribution in [3.63, 3.8) is 0 Å². The molecule has 0 bridgehead atoms. The van der Waals surface area contributed by atoms with Crippen LogP contribution in [0.3, 0.4) is 0 Å². The number of nitrogens with zero attached hydrogens (tertiary/aromatic N) is 5. The maximum Gasteiger partial charge on any atom is 0.270 e. The highest BCUT2D eigenvalue weighted by atomic mass is 35.5. The van der Waals surface area contributed by atoms with E-state index in [1.165, 1.54) is 6.20 Å². The van der Waals surface area contributed by atoms with E-state index in [0.717, 1.165) is 18.4 Å². The molecule has 9 nitrogen and oxygen atoms in total. The topological polar surface area (TPSA) is 116 Å². The van der Waals surface area contributed by atoms with Gasteiger partial charge in [-0.3, -0.25) is 14.3 Å². The fourth-order valence-corrected chi connectivity index (χ4v) is 3.92. The van der Waals surface area contributed by atoms with Crippen LogP contribution < -0.4 is 10.3 Å². The number of hydrogen-bond acceptors (Lipinski definition) is 8. The van der Waals surface area contributed by atoms with Gasteiger partial charge in [-0.25, -0.2) is 0 Å². The van der Waals surface area contributed by atoms with Gasteiger partial charge in [-0.2, -0.15) is 4.98 Å². The maximum absolute atomic E-state index is 13.7. The average molecular weight is 496 g/mol. The zero-order valence-electron chi connectivity index (χ0n) is 19.7. The van der Waals surface area contributed by atoms with Gasteiger partial charge in [0.05, 0.1) is 24.6 Å². The van der Waals surface area contributed by atoms with Crippen molar-refractivity contribution in [2.24, 2.45) is 0 Å². The lowest BCUT2D eigenvalue weighted by Crippen LogP contribution is -2.30. The van der Waals surface area contributed by atoms with E-state index in [1.54, 1.807) is 23.8 Å². The lowest BCUT2D eigenvalue weighted by Gasteiger charge is -2.21. The summed E-state index contributed by atoms with van der Waals surface area (Å²) in [6.07, 6.45) is 4.04. The van der Waals surface area contributed by atoms with Crippen molar-refractivity contribution >= 4 is 11.6 Å². The fraction of sp³-hybridized carbons (Fsp3) is 0.320. The van der Waals surface area contributed by atoms with Crippen LogP contribution in [0.25, 0.3) is 11.5 Å². The first kappa shape index (κ1) is 24.4. The van der Waals surface area contributed by atoms with Crippen LogP contribution in [0.2, 0.25) is 5.02 Å². The Morgan fingerprint density at radius 1 is 1.23 bits per heavy atom. The van der Waals surface area contributed by atoms with Crippen molar-refractivity contribution < 1.29 is 14.3 Å². The molecule has 0 spiro atoms. The third-order valence-corrected chi connectivity index (χ3v) is 5.91. The molecule has 1 aromatic carbocycles. The van der Waals surface area contributed by atoms with Crippen LogP contribution in [-0.4, -0.2) is 36.9 Å². The molecular weight excluding hydrogens is 470 g/mol. The maximum atomic E-state index is 13.7. The Labute approximate surface area is 207 Å². The van der Waals surface area contributed by atoms with E-state index in [0.29, 0.717) is 28.7 Å². The molecule has 3 heterocycles. The van der Waals surface area contributed by atoms with E-state index in [-0.39, 0.29) is 29.8 Å². The van der Waals surface area contributed by atoms with Crippen molar-refractivity contribution in [1.29, 1.82) is 0 Å². The summed E-state index contributed by atoms with van der Waals surface area (Å²) in [4.78, 5) is 22.3. The summed E-state index contributed by atoms with van der Waals surface area (Å²) in [6.45, 7) is 3.96. The van der Waals surface area contributed by atoms with Crippen molar-refractivity contribution in [3.8, 4) is 23.1 Å². The van der Waals surface area contributed by atoms with Gasteiger partial charge >= 0.3 is 0 Å². The van der Waals surface area contributed by atoms with Crippen LogP contribution >= 0.6 is 11.6 Å². The molecule has 10 heteroatoms. The highest BCUT2D eigenvalue weighted by Crippen LogP contribution is 2.28. The Hall–Kier alpha value is -3.72. The summed E-state index contributed by atoms with van der Waals surface area (Å²) in [5.74, 6) is 0.879. The number of aromatic hydroxyl groups is 1. The summed E-state index contributed by atoms with van der Waals surface area (Å²) in [5, 5.41) is 19.3. The number of aromatic nitrogens is 5. The van der Waals surface area contributed by atoms with Crippen LogP contribution in [0.1, 0.15) is 55.7 Å². The molecule has 3 aromatic heterocycles. The number of halogens is 1. The molecule has 0 saturated heterocycles. The first-order valence-corrected chi connectivity index (χ1v) is 11.7. The van der Waals surface area contributed by atoms with E-state index in [2.05, 4.69) is 27.1 Å². The Kier molecular flexibility index (Phi) is 7.45. The molecule has 0 fully saturated rings. The number of hydrogen-bond donors (Lipinski definition) is 1. The van der Waals surface area contributed by atoms with Gasteiger partial charge in [0.15, 0.2) is 5.56 Å². The number of aryl methyl sites for hydroxylation is 1. The second kappa shape index (κ2) is 10.7. The molecule has 0 aliphatic carbocycles. The highest BCUT2D eigenvalue weighted by Gasteiger charge is 2.25. The van der Waals surface area contributed by atoms with Gasteiger partial charge in [-0.1, -0.05) is 37.1 Å².